The van der Waals surface area contributed by atoms with Crippen molar-refractivity contribution in [1.82, 2.24) is 20.2 Å². The molecule has 2 aromatic carbocycles. The summed E-state index contributed by atoms with van der Waals surface area (Å²) in [6, 6.07) is 12.3. The maximum absolute atomic E-state index is 13.4. The van der Waals surface area contributed by atoms with Crippen molar-refractivity contribution in [3.05, 3.63) is 68.8 Å². The van der Waals surface area contributed by atoms with Crippen LogP contribution < -0.4 is 5.43 Å². The number of hydrogen-bond donors (Lipinski definition) is 1. The minimum Gasteiger partial charge on any atom is -0.466 e. The van der Waals surface area contributed by atoms with E-state index in [-0.39, 0.29) is 30.0 Å². The molecular formula is C25H25Cl3N4O3. The molecule has 2 heterocycles. The normalized spacial score (nSPS) is 15.9. The number of hydrazine groups is 1. The topological polar surface area (TPSA) is 76.5 Å². The molecule has 1 saturated heterocycles. The second-order valence-corrected chi connectivity index (χ2v) is 9.56. The first kappa shape index (κ1) is 25.5. The van der Waals surface area contributed by atoms with Crippen LogP contribution in [0, 0.1) is 6.92 Å². The van der Waals surface area contributed by atoms with Crippen LogP contribution in [-0.4, -0.2) is 45.9 Å². The molecule has 1 aliphatic rings. The van der Waals surface area contributed by atoms with Crippen molar-refractivity contribution >= 4 is 46.7 Å². The summed E-state index contributed by atoms with van der Waals surface area (Å²) in [5.74, 6) is -0.640. The molecule has 0 aliphatic carbocycles. The van der Waals surface area contributed by atoms with Crippen LogP contribution in [0.25, 0.3) is 16.9 Å². The van der Waals surface area contributed by atoms with Gasteiger partial charge in [-0.05, 0) is 57.0 Å². The van der Waals surface area contributed by atoms with Gasteiger partial charge in [-0.2, -0.15) is 5.10 Å². The molecule has 4 rings (SSSR count). The summed E-state index contributed by atoms with van der Waals surface area (Å²) in [4.78, 5) is 25.4. The van der Waals surface area contributed by atoms with Crippen LogP contribution >= 0.6 is 34.8 Å². The molecule has 0 saturated carbocycles. The quantitative estimate of drug-likeness (QED) is 0.383. The van der Waals surface area contributed by atoms with E-state index in [1.165, 1.54) is 0 Å². The summed E-state index contributed by atoms with van der Waals surface area (Å²) in [7, 11) is 0. The summed E-state index contributed by atoms with van der Waals surface area (Å²) >= 11 is 18.7. The zero-order chi connectivity index (χ0) is 25.1. The van der Waals surface area contributed by atoms with E-state index in [1.54, 1.807) is 46.9 Å². The minimum absolute atomic E-state index is 0.123. The average molecular weight is 536 g/mol. The van der Waals surface area contributed by atoms with Gasteiger partial charge in [0.1, 0.15) is 0 Å². The van der Waals surface area contributed by atoms with E-state index in [2.05, 4.69) is 10.5 Å². The van der Waals surface area contributed by atoms with E-state index < -0.39 is 0 Å². The summed E-state index contributed by atoms with van der Waals surface area (Å²) in [5, 5.41) is 7.95. The molecule has 1 unspecified atom stereocenters. The average Bonchev–Trinajstić information content (AvgIpc) is 3.38. The third-order valence-electron chi connectivity index (χ3n) is 5.92. The lowest BCUT2D eigenvalue weighted by Crippen LogP contribution is -2.46. The van der Waals surface area contributed by atoms with Gasteiger partial charge in [0, 0.05) is 33.8 Å². The number of hydrogen-bond acceptors (Lipinski definition) is 5. The van der Waals surface area contributed by atoms with Gasteiger partial charge in [0.15, 0.2) is 5.69 Å². The van der Waals surface area contributed by atoms with Crippen LogP contribution in [0.1, 0.15) is 42.2 Å². The number of benzene rings is 2. The fraction of sp³-hybridized carbons (Fsp3) is 0.320. The first-order valence-electron chi connectivity index (χ1n) is 11.3. The lowest BCUT2D eigenvalue weighted by molar-refractivity contribution is -0.144. The molecule has 1 N–H and O–H groups in total. The van der Waals surface area contributed by atoms with E-state index in [4.69, 9.17) is 39.5 Å². The van der Waals surface area contributed by atoms with Crippen molar-refractivity contribution in [1.29, 1.82) is 0 Å². The first-order valence-corrected chi connectivity index (χ1v) is 12.5. The fourth-order valence-electron chi connectivity index (χ4n) is 4.28. The second kappa shape index (κ2) is 11.0. The number of amides is 1. The Morgan fingerprint density at radius 2 is 1.83 bits per heavy atom. The predicted octanol–water partition coefficient (Wildman–Crippen LogP) is 5.87. The van der Waals surface area contributed by atoms with E-state index >= 15 is 0 Å². The summed E-state index contributed by atoms with van der Waals surface area (Å²) in [5.41, 5.74) is 6.00. The zero-order valence-electron chi connectivity index (χ0n) is 19.4. The van der Waals surface area contributed by atoms with Crippen LogP contribution in [0.15, 0.2) is 42.5 Å². The van der Waals surface area contributed by atoms with Gasteiger partial charge < -0.3 is 4.74 Å². The molecular weight excluding hydrogens is 511 g/mol. The summed E-state index contributed by atoms with van der Waals surface area (Å²) in [6.07, 6.45) is 1.88. The molecule has 1 atom stereocenters. The van der Waals surface area contributed by atoms with Crippen molar-refractivity contribution < 1.29 is 14.3 Å². The highest BCUT2D eigenvalue weighted by Crippen LogP contribution is 2.33. The molecule has 1 fully saturated rings. The van der Waals surface area contributed by atoms with Crippen molar-refractivity contribution in [3.63, 3.8) is 0 Å². The first-order chi connectivity index (χ1) is 16.8. The number of carbonyl (C=O) groups excluding carboxylic acids is 2. The maximum Gasteiger partial charge on any atom is 0.307 e. The van der Waals surface area contributed by atoms with Crippen LogP contribution in [0.3, 0.4) is 0 Å². The number of carbonyl (C=O) groups is 2. The van der Waals surface area contributed by atoms with Gasteiger partial charge in [0.2, 0.25) is 0 Å². The van der Waals surface area contributed by atoms with Gasteiger partial charge in [-0.15, -0.1) is 0 Å². The molecule has 184 valence electrons. The lowest BCUT2D eigenvalue weighted by Gasteiger charge is -2.24. The van der Waals surface area contributed by atoms with Crippen LogP contribution in [0.5, 0.6) is 0 Å². The van der Waals surface area contributed by atoms with Crippen molar-refractivity contribution in [3.8, 4) is 16.9 Å². The van der Waals surface area contributed by atoms with E-state index in [0.29, 0.717) is 45.2 Å². The highest BCUT2D eigenvalue weighted by molar-refractivity contribution is 6.35. The number of ether oxygens (including phenoxy) is 1. The fourth-order valence-corrected chi connectivity index (χ4v) is 4.89. The van der Waals surface area contributed by atoms with E-state index in [0.717, 1.165) is 18.4 Å². The van der Waals surface area contributed by atoms with Crippen molar-refractivity contribution in [2.24, 2.45) is 0 Å². The van der Waals surface area contributed by atoms with E-state index in [9.17, 15) is 9.59 Å². The van der Waals surface area contributed by atoms with Gasteiger partial charge in [-0.3, -0.25) is 15.0 Å². The van der Waals surface area contributed by atoms with E-state index in [1.807, 2.05) is 19.1 Å². The van der Waals surface area contributed by atoms with Gasteiger partial charge in [-0.25, -0.2) is 9.69 Å². The lowest BCUT2D eigenvalue weighted by atomic mass is 10.1. The van der Waals surface area contributed by atoms with Crippen LogP contribution in [0.2, 0.25) is 15.1 Å². The maximum atomic E-state index is 13.4. The minimum atomic E-state index is -0.364. The Kier molecular flexibility index (Phi) is 8.02. The highest BCUT2D eigenvalue weighted by Gasteiger charge is 2.31. The predicted molar refractivity (Wildman–Crippen MR) is 137 cm³/mol. The molecule has 0 radical (unpaired) electrons. The number of nitrogens with zero attached hydrogens (tertiary/aromatic N) is 3. The molecule has 3 aromatic rings. The van der Waals surface area contributed by atoms with Crippen molar-refractivity contribution in [2.45, 2.75) is 39.2 Å². The van der Waals surface area contributed by atoms with Crippen LogP contribution in [-0.2, 0) is 9.53 Å². The number of aromatic nitrogens is 2. The Morgan fingerprint density at radius 1 is 1.11 bits per heavy atom. The Morgan fingerprint density at radius 3 is 2.51 bits per heavy atom. The highest BCUT2D eigenvalue weighted by atomic mass is 35.5. The standard InChI is InChI=1S/C25H25Cl3N4O3/c1-3-35-22(33)14-19-5-4-12-31(19)30-25(34)23-15(2)24(16-6-8-17(26)9-7-16)32(29-23)21-11-10-18(27)13-20(21)28/h6-11,13,19H,3-5,12,14H2,1-2H3,(H,30,34). The molecule has 1 aliphatic heterocycles. The molecule has 0 bridgehead atoms. The third kappa shape index (κ3) is 5.64. The van der Waals surface area contributed by atoms with Gasteiger partial charge >= 0.3 is 5.97 Å². The van der Waals surface area contributed by atoms with Gasteiger partial charge in [0.25, 0.3) is 5.91 Å². The number of esters is 1. The smallest absolute Gasteiger partial charge is 0.307 e. The van der Waals surface area contributed by atoms with Crippen LogP contribution in [0.4, 0.5) is 0 Å². The molecule has 1 aromatic heterocycles. The third-order valence-corrected chi connectivity index (χ3v) is 6.71. The summed E-state index contributed by atoms with van der Waals surface area (Å²) in [6.45, 7) is 4.58. The monoisotopic (exact) mass is 534 g/mol. The Hall–Kier alpha value is -2.58. The molecule has 0 spiro atoms. The second-order valence-electron chi connectivity index (χ2n) is 8.28. The molecule has 35 heavy (non-hydrogen) atoms. The van der Waals surface area contributed by atoms with Gasteiger partial charge in [-0.1, -0.05) is 46.9 Å². The largest absolute Gasteiger partial charge is 0.466 e. The Balaban J connectivity index is 1.69. The Bertz CT molecular complexity index is 1240. The summed E-state index contributed by atoms with van der Waals surface area (Å²) < 4.78 is 6.73. The van der Waals surface area contributed by atoms with Crippen molar-refractivity contribution in [2.75, 3.05) is 13.2 Å². The molecule has 1 amide bonds. The van der Waals surface area contributed by atoms with Gasteiger partial charge in [0.05, 0.1) is 29.4 Å². The molecule has 7 nitrogen and oxygen atoms in total. The Labute approximate surface area is 218 Å². The SMILES string of the molecule is CCOC(=O)CC1CCCN1NC(=O)c1nn(-c2ccc(Cl)cc2Cl)c(-c2ccc(Cl)cc2)c1C. The number of nitrogens with one attached hydrogen (secondary N) is 1. The number of rotatable bonds is 7. The zero-order valence-corrected chi connectivity index (χ0v) is 21.6. The number of halogens is 3. The molecule has 10 heteroatoms.